The molecule has 7 saturated carbocycles. The zero-order chi connectivity index (χ0) is 16.6. The summed E-state index contributed by atoms with van der Waals surface area (Å²) in [4.78, 5) is 11.6. The highest BCUT2D eigenvalue weighted by Gasteiger charge is 2.80. The van der Waals surface area contributed by atoms with E-state index in [1.165, 1.54) is 32.1 Å². The summed E-state index contributed by atoms with van der Waals surface area (Å²) in [6, 6.07) is 0. The highest BCUT2D eigenvalue weighted by atomic mass is 16.5. The van der Waals surface area contributed by atoms with Crippen molar-refractivity contribution < 1.29 is 14.6 Å². The maximum absolute atomic E-state index is 11.6. The van der Waals surface area contributed by atoms with Gasteiger partial charge in [0.15, 0.2) is 0 Å². The van der Waals surface area contributed by atoms with E-state index < -0.39 is 0 Å². The van der Waals surface area contributed by atoms with Gasteiger partial charge in [0.25, 0.3) is 0 Å². The van der Waals surface area contributed by atoms with Crippen molar-refractivity contribution in [3.63, 3.8) is 0 Å². The van der Waals surface area contributed by atoms with E-state index in [1.54, 1.807) is 6.92 Å². The molecule has 3 heteroatoms. The third kappa shape index (κ3) is 1.41. The van der Waals surface area contributed by atoms with Gasteiger partial charge in [-0.3, -0.25) is 4.79 Å². The van der Waals surface area contributed by atoms with E-state index in [0.717, 1.165) is 59.2 Å². The zero-order valence-corrected chi connectivity index (χ0v) is 15.1. The molecule has 0 aromatic rings. The summed E-state index contributed by atoms with van der Waals surface area (Å²) in [7, 11) is 0. The lowest BCUT2D eigenvalue weighted by Gasteiger charge is -2.31. The fraction of sp³-hybridized carbons (Fsp3) is 0.955. The van der Waals surface area contributed by atoms with E-state index in [2.05, 4.69) is 0 Å². The lowest BCUT2D eigenvalue weighted by molar-refractivity contribution is -0.143. The molecule has 7 rings (SSSR count). The van der Waals surface area contributed by atoms with Crippen LogP contribution in [0.2, 0.25) is 0 Å². The van der Waals surface area contributed by atoms with Gasteiger partial charge >= 0.3 is 5.97 Å². The van der Waals surface area contributed by atoms with Crippen LogP contribution in [-0.4, -0.2) is 23.8 Å². The molecule has 7 fully saturated rings. The summed E-state index contributed by atoms with van der Waals surface area (Å²) in [6.45, 7) is 2.27. The molecule has 25 heavy (non-hydrogen) atoms. The van der Waals surface area contributed by atoms with Crippen LogP contribution >= 0.6 is 0 Å². The van der Waals surface area contributed by atoms with Gasteiger partial charge in [-0.25, -0.2) is 0 Å². The fourth-order valence-electron chi connectivity index (χ4n) is 11.1. The van der Waals surface area contributed by atoms with Crippen molar-refractivity contribution in [2.24, 2.45) is 76.9 Å². The summed E-state index contributed by atoms with van der Waals surface area (Å²) in [5.41, 5.74) is 0. The lowest BCUT2D eigenvalue weighted by atomic mass is 9.74. The number of fused-ring (bicyclic) bond motifs is 5. The van der Waals surface area contributed by atoms with Crippen LogP contribution in [0.25, 0.3) is 0 Å². The van der Waals surface area contributed by atoms with E-state index >= 15 is 0 Å². The Balaban J connectivity index is 1.36. The Hall–Kier alpha value is -0.570. The molecule has 0 aromatic carbocycles. The van der Waals surface area contributed by atoms with Crippen LogP contribution in [0.4, 0.5) is 0 Å². The Kier molecular flexibility index (Phi) is 2.58. The smallest absolute Gasteiger partial charge is 0.302 e. The fourth-order valence-corrected chi connectivity index (χ4v) is 11.1. The van der Waals surface area contributed by atoms with Gasteiger partial charge in [0.1, 0.15) is 0 Å². The van der Waals surface area contributed by atoms with Crippen molar-refractivity contribution in [1.82, 2.24) is 0 Å². The minimum absolute atomic E-state index is 0.0171. The van der Waals surface area contributed by atoms with Gasteiger partial charge in [-0.1, -0.05) is 6.42 Å². The first-order valence-electron chi connectivity index (χ1n) is 11.0. The summed E-state index contributed by atoms with van der Waals surface area (Å²) < 4.78 is 5.66. The summed E-state index contributed by atoms with van der Waals surface area (Å²) in [5, 5.41) is 11.2. The number of carbonyl (C=O) groups is 1. The topological polar surface area (TPSA) is 46.5 Å². The molecule has 0 unspecified atom stereocenters. The quantitative estimate of drug-likeness (QED) is 0.785. The van der Waals surface area contributed by atoms with Crippen LogP contribution in [0.1, 0.15) is 39.0 Å². The largest absolute Gasteiger partial charge is 0.466 e. The van der Waals surface area contributed by atoms with Gasteiger partial charge in [-0.2, -0.15) is 0 Å². The van der Waals surface area contributed by atoms with Gasteiger partial charge in [0.2, 0.25) is 0 Å². The van der Waals surface area contributed by atoms with Crippen LogP contribution in [0.5, 0.6) is 0 Å². The van der Waals surface area contributed by atoms with Crippen LogP contribution in [0, 0.1) is 76.9 Å². The Morgan fingerprint density at radius 3 is 2.24 bits per heavy atom. The zero-order valence-electron chi connectivity index (χ0n) is 15.1. The monoisotopic (exact) mass is 342 g/mol. The van der Waals surface area contributed by atoms with Gasteiger partial charge in [-0.05, 0) is 103 Å². The molecule has 7 aliphatic carbocycles. The molecular weight excluding hydrogens is 312 g/mol. The van der Waals surface area contributed by atoms with Gasteiger partial charge in [0.05, 0.1) is 12.7 Å². The van der Waals surface area contributed by atoms with Gasteiger partial charge in [-0.15, -0.1) is 0 Å². The van der Waals surface area contributed by atoms with Crippen LogP contribution < -0.4 is 0 Å². The highest BCUT2D eigenvalue weighted by Crippen LogP contribution is 2.83. The Bertz CT molecular complexity index is 639. The normalized spacial score (nSPS) is 67.1. The Morgan fingerprint density at radius 1 is 0.800 bits per heavy atom. The molecule has 7 aliphatic rings. The minimum Gasteiger partial charge on any atom is -0.466 e. The third-order valence-electron chi connectivity index (χ3n) is 10.8. The lowest BCUT2D eigenvalue weighted by Crippen LogP contribution is -2.31. The first kappa shape index (κ1) is 14.5. The molecule has 0 radical (unpaired) electrons. The number of aliphatic hydroxyl groups is 1. The molecule has 0 heterocycles. The second kappa shape index (κ2) is 4.46. The average molecular weight is 342 g/mol. The molecular formula is C22H30O3. The molecule has 14 atom stereocenters. The van der Waals surface area contributed by atoms with Crippen molar-refractivity contribution >= 4 is 5.97 Å². The van der Waals surface area contributed by atoms with Crippen molar-refractivity contribution in [1.29, 1.82) is 0 Å². The van der Waals surface area contributed by atoms with Crippen molar-refractivity contribution in [2.75, 3.05) is 6.61 Å². The number of hydrogen-bond acceptors (Lipinski definition) is 3. The van der Waals surface area contributed by atoms with Crippen molar-refractivity contribution in [3.8, 4) is 0 Å². The Labute approximate surface area is 149 Å². The number of rotatable bonds is 2. The summed E-state index contributed by atoms with van der Waals surface area (Å²) >= 11 is 0. The third-order valence-corrected chi connectivity index (χ3v) is 10.8. The molecule has 3 nitrogen and oxygen atoms in total. The number of ether oxygens (including phenoxy) is 1. The predicted octanol–water partition coefficient (Wildman–Crippen LogP) is 2.97. The number of esters is 1. The molecule has 0 aromatic heterocycles. The van der Waals surface area contributed by atoms with E-state index in [4.69, 9.17) is 4.74 Å². The Morgan fingerprint density at radius 2 is 1.44 bits per heavy atom. The molecule has 0 aliphatic heterocycles. The summed E-state index contributed by atoms with van der Waals surface area (Å²) in [6.07, 6.45) is 6.84. The second-order valence-electron chi connectivity index (χ2n) is 10.7. The van der Waals surface area contributed by atoms with Crippen molar-refractivity contribution in [3.05, 3.63) is 0 Å². The molecule has 0 spiro atoms. The van der Waals surface area contributed by atoms with Crippen LogP contribution in [-0.2, 0) is 9.53 Å². The maximum Gasteiger partial charge on any atom is 0.302 e. The number of hydrogen-bond donors (Lipinski definition) is 1. The average Bonchev–Trinajstić information content (AvgIpc) is 3.33. The van der Waals surface area contributed by atoms with Crippen LogP contribution in [0.3, 0.4) is 0 Å². The van der Waals surface area contributed by atoms with E-state index in [0.29, 0.717) is 24.4 Å². The van der Waals surface area contributed by atoms with E-state index in [1.807, 2.05) is 0 Å². The molecule has 0 saturated heterocycles. The van der Waals surface area contributed by atoms with Crippen LogP contribution in [0.15, 0.2) is 0 Å². The van der Waals surface area contributed by atoms with Gasteiger partial charge in [0, 0.05) is 6.92 Å². The summed E-state index contributed by atoms with van der Waals surface area (Å²) in [5.74, 6) is 10.3. The standard InChI is InChI=1S/C22H30O3/c1-8(23)25-7-13-14-9-3-2-4-10(9)17-18(14)19-16(13)11-5-6-12-15(11)20(19)21(17)22(12)24/h9-22,24H,2-7H2,1H3/t9-,10+,11-,12-,13-,14+,15+,16-,17+,18-,19-,20-,21+,22-/m1/s1. The molecule has 0 bridgehead atoms. The molecule has 0 amide bonds. The molecule has 136 valence electrons. The number of carbonyl (C=O) groups excluding carboxylic acids is 1. The highest BCUT2D eigenvalue weighted by molar-refractivity contribution is 5.65. The van der Waals surface area contributed by atoms with Gasteiger partial charge < -0.3 is 9.84 Å². The predicted molar refractivity (Wildman–Crippen MR) is 91.1 cm³/mol. The van der Waals surface area contributed by atoms with E-state index in [-0.39, 0.29) is 12.1 Å². The first-order valence-corrected chi connectivity index (χ1v) is 11.0. The second-order valence-corrected chi connectivity index (χ2v) is 10.7. The van der Waals surface area contributed by atoms with E-state index in [9.17, 15) is 9.90 Å². The first-order chi connectivity index (χ1) is 12.2. The minimum atomic E-state index is -0.0923. The maximum atomic E-state index is 11.6. The molecule has 1 N–H and O–H groups in total. The van der Waals surface area contributed by atoms with Crippen molar-refractivity contribution in [2.45, 2.75) is 45.1 Å². The SMILES string of the molecule is CC(=O)OC[C@H]1[C@H]2[C@@H]3CC[C@H]4[C@@H](O)[C@H]5[C@H]6[C@H]7CCC[C@H]7[C@@H]1[C@H]6[C@@H]2[C@H]5[C@H]43. The number of aliphatic hydroxyl groups excluding tert-OH is 1.